The van der Waals surface area contributed by atoms with E-state index < -0.39 is 5.54 Å². The summed E-state index contributed by atoms with van der Waals surface area (Å²) >= 11 is 0. The number of benzene rings is 4. The SMILES string of the molecule is Nc1cccc(OCc2cn(C(c3ccccc3)(c3ccccc3)c3ccccc3)cn2)c1. The van der Waals surface area contributed by atoms with Crippen LogP contribution in [-0.2, 0) is 12.1 Å². The number of nitrogens with two attached hydrogens (primary N) is 1. The molecule has 0 spiro atoms. The highest BCUT2D eigenvalue weighted by Crippen LogP contribution is 2.40. The molecule has 0 bridgehead atoms. The molecule has 0 unspecified atom stereocenters. The lowest BCUT2D eigenvalue weighted by Gasteiger charge is -2.37. The molecule has 4 aromatic carbocycles. The van der Waals surface area contributed by atoms with E-state index in [-0.39, 0.29) is 0 Å². The topological polar surface area (TPSA) is 53.1 Å². The second kappa shape index (κ2) is 9.05. The fourth-order valence-corrected chi connectivity index (χ4v) is 4.37. The number of anilines is 1. The second-order valence-corrected chi connectivity index (χ2v) is 7.94. The maximum Gasteiger partial charge on any atom is 0.132 e. The van der Waals surface area contributed by atoms with Gasteiger partial charge >= 0.3 is 0 Å². The third-order valence-electron chi connectivity index (χ3n) is 5.84. The molecule has 0 atom stereocenters. The van der Waals surface area contributed by atoms with E-state index in [2.05, 4.69) is 83.6 Å². The van der Waals surface area contributed by atoms with Crippen LogP contribution in [0.3, 0.4) is 0 Å². The number of hydrogen-bond acceptors (Lipinski definition) is 3. The summed E-state index contributed by atoms with van der Waals surface area (Å²) in [6.07, 6.45) is 3.96. The number of hydrogen-bond donors (Lipinski definition) is 1. The lowest BCUT2D eigenvalue weighted by atomic mass is 9.77. The largest absolute Gasteiger partial charge is 0.487 e. The van der Waals surface area contributed by atoms with E-state index in [0.717, 1.165) is 28.1 Å². The Hall–Kier alpha value is -4.31. The fraction of sp³-hybridized carbons (Fsp3) is 0.0690. The van der Waals surface area contributed by atoms with Gasteiger partial charge in [0.2, 0.25) is 0 Å². The molecule has 1 aromatic heterocycles. The molecule has 0 aliphatic rings. The molecule has 0 saturated carbocycles. The lowest BCUT2D eigenvalue weighted by molar-refractivity contribution is 0.301. The van der Waals surface area contributed by atoms with Crippen LogP contribution in [0.1, 0.15) is 22.4 Å². The zero-order valence-corrected chi connectivity index (χ0v) is 18.2. The lowest BCUT2D eigenvalue weighted by Crippen LogP contribution is -2.36. The number of aromatic nitrogens is 2. The van der Waals surface area contributed by atoms with Crippen molar-refractivity contribution in [3.8, 4) is 5.75 Å². The van der Waals surface area contributed by atoms with Crippen molar-refractivity contribution in [2.75, 3.05) is 5.73 Å². The van der Waals surface area contributed by atoms with Crippen LogP contribution in [0.15, 0.2) is 128 Å². The Labute approximate surface area is 193 Å². The van der Waals surface area contributed by atoms with Gasteiger partial charge in [-0.1, -0.05) is 97.1 Å². The van der Waals surface area contributed by atoms with Crippen LogP contribution in [0.2, 0.25) is 0 Å². The standard InChI is InChI=1S/C29H25N3O/c30-26-17-10-18-28(19-26)33-21-27-20-32(22-31-27)29(23-11-4-1-5-12-23,24-13-6-2-7-14-24)25-15-8-3-9-16-25/h1-20,22H,21,30H2. The van der Waals surface area contributed by atoms with Crippen LogP contribution < -0.4 is 10.5 Å². The van der Waals surface area contributed by atoms with Gasteiger partial charge in [-0.25, -0.2) is 4.98 Å². The van der Waals surface area contributed by atoms with E-state index >= 15 is 0 Å². The number of nitrogens with zero attached hydrogens (tertiary/aromatic N) is 2. The van der Waals surface area contributed by atoms with Crippen molar-refractivity contribution in [1.29, 1.82) is 0 Å². The Balaban J connectivity index is 1.63. The number of ether oxygens (including phenoxy) is 1. The first-order valence-corrected chi connectivity index (χ1v) is 10.9. The maximum absolute atomic E-state index is 5.96. The third-order valence-corrected chi connectivity index (χ3v) is 5.84. The fourth-order valence-electron chi connectivity index (χ4n) is 4.37. The van der Waals surface area contributed by atoms with Gasteiger partial charge in [-0.15, -0.1) is 0 Å². The molecule has 0 fully saturated rings. The first-order valence-electron chi connectivity index (χ1n) is 10.9. The average molecular weight is 432 g/mol. The van der Waals surface area contributed by atoms with E-state index in [1.807, 2.05) is 48.8 Å². The Morgan fingerprint density at radius 2 is 1.24 bits per heavy atom. The second-order valence-electron chi connectivity index (χ2n) is 7.94. The van der Waals surface area contributed by atoms with Crippen LogP contribution >= 0.6 is 0 Å². The predicted molar refractivity (Wildman–Crippen MR) is 132 cm³/mol. The molecule has 2 N–H and O–H groups in total. The summed E-state index contributed by atoms with van der Waals surface area (Å²) in [6.45, 7) is 0.352. The molecule has 0 aliphatic heterocycles. The van der Waals surface area contributed by atoms with Crippen LogP contribution in [0.4, 0.5) is 5.69 Å². The number of nitrogen functional groups attached to an aromatic ring is 1. The van der Waals surface area contributed by atoms with Crippen molar-refractivity contribution in [3.05, 3.63) is 150 Å². The van der Waals surface area contributed by atoms with Crippen LogP contribution in [0.25, 0.3) is 0 Å². The zero-order chi connectivity index (χ0) is 22.5. The Kier molecular flexibility index (Phi) is 5.64. The van der Waals surface area contributed by atoms with Gasteiger partial charge in [-0.2, -0.15) is 0 Å². The van der Waals surface area contributed by atoms with Crippen LogP contribution in [0.5, 0.6) is 5.75 Å². The van der Waals surface area contributed by atoms with Gasteiger partial charge in [-0.3, -0.25) is 0 Å². The quantitative estimate of drug-likeness (QED) is 0.258. The van der Waals surface area contributed by atoms with Crippen molar-refractivity contribution in [3.63, 3.8) is 0 Å². The van der Waals surface area contributed by atoms with Crippen molar-refractivity contribution < 1.29 is 4.74 Å². The molecule has 4 heteroatoms. The number of rotatable bonds is 7. The molecule has 4 nitrogen and oxygen atoms in total. The van der Waals surface area contributed by atoms with E-state index in [0.29, 0.717) is 12.3 Å². The van der Waals surface area contributed by atoms with E-state index in [1.165, 1.54) is 0 Å². The molecule has 1 heterocycles. The molecular formula is C29H25N3O. The van der Waals surface area contributed by atoms with Crippen LogP contribution in [-0.4, -0.2) is 9.55 Å². The van der Waals surface area contributed by atoms with Crippen molar-refractivity contribution in [1.82, 2.24) is 9.55 Å². The molecule has 33 heavy (non-hydrogen) atoms. The van der Waals surface area contributed by atoms with Gasteiger partial charge < -0.3 is 15.0 Å². The molecular weight excluding hydrogens is 406 g/mol. The highest BCUT2D eigenvalue weighted by molar-refractivity contribution is 5.50. The van der Waals surface area contributed by atoms with Gasteiger partial charge in [0.15, 0.2) is 0 Å². The van der Waals surface area contributed by atoms with E-state index in [9.17, 15) is 0 Å². The summed E-state index contributed by atoms with van der Waals surface area (Å²) in [5.74, 6) is 0.727. The Morgan fingerprint density at radius 3 is 1.76 bits per heavy atom. The molecule has 0 aliphatic carbocycles. The molecule has 0 amide bonds. The smallest absolute Gasteiger partial charge is 0.132 e. The summed E-state index contributed by atoms with van der Waals surface area (Å²) in [6, 6.07) is 39.1. The summed E-state index contributed by atoms with van der Waals surface area (Å²) in [4.78, 5) is 4.70. The number of imidazole rings is 1. The van der Waals surface area contributed by atoms with E-state index in [4.69, 9.17) is 15.5 Å². The third kappa shape index (κ3) is 3.99. The minimum atomic E-state index is -0.577. The normalized spacial score (nSPS) is 11.3. The highest BCUT2D eigenvalue weighted by Gasteiger charge is 2.38. The van der Waals surface area contributed by atoms with Crippen molar-refractivity contribution in [2.45, 2.75) is 12.1 Å². The Bertz CT molecular complexity index is 1220. The monoisotopic (exact) mass is 431 g/mol. The van der Waals surface area contributed by atoms with Crippen molar-refractivity contribution in [2.24, 2.45) is 0 Å². The summed E-state index contributed by atoms with van der Waals surface area (Å²) in [5.41, 5.74) is 10.3. The van der Waals surface area contributed by atoms with Gasteiger partial charge in [0.25, 0.3) is 0 Å². The average Bonchev–Trinajstić information content (AvgIpc) is 3.35. The maximum atomic E-state index is 5.96. The van der Waals surface area contributed by atoms with Crippen molar-refractivity contribution >= 4 is 5.69 Å². The minimum Gasteiger partial charge on any atom is -0.487 e. The van der Waals surface area contributed by atoms with Gasteiger partial charge in [0.05, 0.1) is 12.0 Å². The summed E-state index contributed by atoms with van der Waals surface area (Å²) < 4.78 is 8.15. The molecule has 0 radical (unpaired) electrons. The van der Waals surface area contributed by atoms with Gasteiger partial charge in [0.1, 0.15) is 17.9 Å². The zero-order valence-electron chi connectivity index (χ0n) is 18.2. The van der Waals surface area contributed by atoms with Crippen LogP contribution in [0, 0.1) is 0 Å². The molecule has 0 saturated heterocycles. The minimum absolute atomic E-state index is 0.352. The first kappa shape index (κ1) is 20.6. The summed E-state index contributed by atoms with van der Waals surface area (Å²) in [5, 5.41) is 0. The van der Waals surface area contributed by atoms with Gasteiger partial charge in [0, 0.05) is 18.0 Å². The molecule has 162 valence electrons. The predicted octanol–water partition coefficient (Wildman–Crippen LogP) is 5.88. The highest BCUT2D eigenvalue weighted by atomic mass is 16.5. The first-order chi connectivity index (χ1) is 16.3. The molecule has 5 aromatic rings. The molecule has 5 rings (SSSR count). The van der Waals surface area contributed by atoms with Gasteiger partial charge in [-0.05, 0) is 28.8 Å². The van der Waals surface area contributed by atoms with E-state index in [1.54, 1.807) is 0 Å². The Morgan fingerprint density at radius 1 is 0.697 bits per heavy atom. The summed E-state index contributed by atoms with van der Waals surface area (Å²) in [7, 11) is 0.